The van der Waals surface area contributed by atoms with Crippen molar-refractivity contribution in [1.82, 2.24) is 10.6 Å². The summed E-state index contributed by atoms with van der Waals surface area (Å²) in [5.74, 6) is -0.872. The van der Waals surface area contributed by atoms with Gasteiger partial charge < -0.3 is 20.1 Å². The molecule has 5 nitrogen and oxygen atoms in total. The van der Waals surface area contributed by atoms with E-state index in [9.17, 15) is 26.3 Å². The summed E-state index contributed by atoms with van der Waals surface area (Å²) >= 11 is 0. The van der Waals surface area contributed by atoms with Crippen molar-refractivity contribution < 1.29 is 35.8 Å². The van der Waals surface area contributed by atoms with Gasteiger partial charge in [-0.15, -0.1) is 0 Å². The number of rotatable bonds is 7. The van der Waals surface area contributed by atoms with E-state index in [2.05, 4.69) is 20.4 Å². The number of alkyl halides is 5. The van der Waals surface area contributed by atoms with Gasteiger partial charge in [0, 0.05) is 20.1 Å². The van der Waals surface area contributed by atoms with Crippen LogP contribution in [0.3, 0.4) is 0 Å². The minimum atomic E-state index is -4.71. The molecule has 11 heteroatoms. The maximum Gasteiger partial charge on any atom is 0.416 e. The number of hydrogen-bond donors (Lipinski definition) is 2. The predicted octanol–water partition coefficient (Wildman–Crippen LogP) is 4.32. The Kier molecular flexibility index (Phi) is 7.79. The third kappa shape index (κ3) is 6.46. The molecule has 0 unspecified atom stereocenters. The second-order valence-corrected chi connectivity index (χ2v) is 5.94. The van der Waals surface area contributed by atoms with Crippen molar-refractivity contribution in [2.75, 3.05) is 14.2 Å². The summed E-state index contributed by atoms with van der Waals surface area (Å²) in [7, 11) is 2.71. The lowest BCUT2D eigenvalue weighted by Crippen LogP contribution is -2.36. The first-order valence-corrected chi connectivity index (χ1v) is 8.56. The third-order valence-electron chi connectivity index (χ3n) is 3.95. The zero-order valence-corrected chi connectivity index (χ0v) is 16.0. The molecule has 0 aromatic heterocycles. The minimum Gasteiger partial charge on any atom is -0.493 e. The van der Waals surface area contributed by atoms with Crippen molar-refractivity contribution in [1.29, 1.82) is 0 Å². The number of benzene rings is 2. The van der Waals surface area contributed by atoms with Gasteiger partial charge in [-0.05, 0) is 35.4 Å². The van der Waals surface area contributed by atoms with E-state index < -0.39 is 24.2 Å². The molecular formula is C19H19F6N3O2. The van der Waals surface area contributed by atoms with E-state index in [0.29, 0.717) is 11.6 Å². The molecule has 0 saturated heterocycles. The summed E-state index contributed by atoms with van der Waals surface area (Å²) in [4.78, 5) is 3.90. The molecule has 0 bridgehead atoms. The molecule has 0 saturated carbocycles. The first-order chi connectivity index (χ1) is 14.1. The first kappa shape index (κ1) is 23.2. The quantitative estimate of drug-likeness (QED) is 0.387. The highest BCUT2D eigenvalue weighted by Gasteiger charge is 2.33. The Morgan fingerprint density at radius 3 is 2.33 bits per heavy atom. The zero-order chi connectivity index (χ0) is 22.3. The molecule has 2 aromatic carbocycles. The summed E-state index contributed by atoms with van der Waals surface area (Å²) in [6, 6.07) is 6.78. The lowest BCUT2D eigenvalue weighted by Gasteiger charge is -2.16. The Balaban J connectivity index is 2.05. The molecule has 0 radical (unpaired) electrons. The maximum absolute atomic E-state index is 13.2. The number of nitrogens with one attached hydrogen (secondary N) is 2. The Hall–Kier alpha value is -3.11. The Morgan fingerprint density at radius 2 is 1.73 bits per heavy atom. The highest BCUT2D eigenvalue weighted by molar-refractivity contribution is 5.79. The Labute approximate surface area is 168 Å². The van der Waals surface area contributed by atoms with Gasteiger partial charge in [0.15, 0.2) is 17.5 Å². The number of hydrogen-bond acceptors (Lipinski definition) is 3. The van der Waals surface area contributed by atoms with Crippen LogP contribution < -0.4 is 20.1 Å². The monoisotopic (exact) mass is 435 g/mol. The maximum atomic E-state index is 13.2. The molecule has 30 heavy (non-hydrogen) atoms. The van der Waals surface area contributed by atoms with Crippen molar-refractivity contribution >= 4 is 5.96 Å². The van der Waals surface area contributed by atoms with Gasteiger partial charge in [0.25, 0.3) is 0 Å². The molecule has 0 atom stereocenters. The van der Waals surface area contributed by atoms with Crippen LogP contribution in [0.15, 0.2) is 41.4 Å². The highest BCUT2D eigenvalue weighted by Crippen LogP contribution is 2.32. The average molecular weight is 435 g/mol. The van der Waals surface area contributed by atoms with E-state index in [1.807, 2.05) is 0 Å². The van der Waals surface area contributed by atoms with Crippen LogP contribution in [0.1, 0.15) is 16.7 Å². The molecule has 0 amide bonds. The fourth-order valence-electron chi connectivity index (χ4n) is 2.57. The fraction of sp³-hybridized carbons (Fsp3) is 0.316. The van der Waals surface area contributed by atoms with Crippen LogP contribution >= 0.6 is 0 Å². The van der Waals surface area contributed by atoms with E-state index in [1.54, 1.807) is 6.07 Å². The standard InChI is InChI=1S/C19H19F6N3O2/c1-26-18(28-10-12-4-5-13(20)8-14(12)19(23,24)25)27-9-11-3-6-15(29-2)16(7-11)30-17(21)22/h3-8,17H,9-10H2,1-2H3,(H2,26,27,28). The van der Waals surface area contributed by atoms with Gasteiger partial charge in [0.05, 0.1) is 12.7 Å². The molecule has 2 N–H and O–H groups in total. The van der Waals surface area contributed by atoms with Crippen LogP contribution in [0.5, 0.6) is 11.5 Å². The predicted molar refractivity (Wildman–Crippen MR) is 98.1 cm³/mol. The number of aliphatic imine (C=N–C) groups is 1. The third-order valence-corrected chi connectivity index (χ3v) is 3.95. The summed E-state index contributed by atoms with van der Waals surface area (Å²) in [5, 5.41) is 5.54. The van der Waals surface area contributed by atoms with Gasteiger partial charge in [-0.1, -0.05) is 12.1 Å². The van der Waals surface area contributed by atoms with Crippen molar-refractivity contribution in [2.24, 2.45) is 4.99 Å². The number of ether oxygens (including phenoxy) is 2. The van der Waals surface area contributed by atoms with Gasteiger partial charge in [0.2, 0.25) is 0 Å². The van der Waals surface area contributed by atoms with Crippen molar-refractivity contribution in [2.45, 2.75) is 25.9 Å². The number of halogens is 6. The number of guanidine groups is 1. The van der Waals surface area contributed by atoms with Crippen LogP contribution in [0.4, 0.5) is 26.3 Å². The molecule has 2 aromatic rings. The van der Waals surface area contributed by atoms with Gasteiger partial charge in [-0.25, -0.2) is 4.39 Å². The van der Waals surface area contributed by atoms with Gasteiger partial charge in [-0.2, -0.15) is 22.0 Å². The Morgan fingerprint density at radius 1 is 1.03 bits per heavy atom. The highest BCUT2D eigenvalue weighted by atomic mass is 19.4. The fourth-order valence-corrected chi connectivity index (χ4v) is 2.57. The molecule has 0 aliphatic heterocycles. The second kappa shape index (κ2) is 10.1. The molecule has 164 valence electrons. The van der Waals surface area contributed by atoms with Gasteiger partial charge in [0.1, 0.15) is 5.82 Å². The molecule has 0 aliphatic rings. The van der Waals surface area contributed by atoms with Crippen molar-refractivity contribution in [3.63, 3.8) is 0 Å². The number of methoxy groups -OCH3 is 1. The zero-order valence-electron chi connectivity index (χ0n) is 16.0. The normalized spacial score (nSPS) is 12.1. The molecule has 0 heterocycles. The van der Waals surface area contributed by atoms with E-state index >= 15 is 0 Å². The van der Waals surface area contributed by atoms with Crippen LogP contribution in [0.2, 0.25) is 0 Å². The van der Waals surface area contributed by atoms with Gasteiger partial charge in [-0.3, -0.25) is 4.99 Å². The summed E-state index contributed by atoms with van der Waals surface area (Å²) in [5.41, 5.74) is -0.717. The van der Waals surface area contributed by atoms with Crippen LogP contribution in [-0.4, -0.2) is 26.7 Å². The first-order valence-electron chi connectivity index (χ1n) is 8.56. The minimum absolute atomic E-state index is 0.110. The summed E-state index contributed by atoms with van der Waals surface area (Å²) < 4.78 is 86.8. The van der Waals surface area contributed by atoms with Crippen molar-refractivity contribution in [3.05, 3.63) is 58.9 Å². The lowest BCUT2D eigenvalue weighted by atomic mass is 10.1. The summed E-state index contributed by atoms with van der Waals surface area (Å²) in [6.45, 7) is -3.19. The topological polar surface area (TPSA) is 54.9 Å². The van der Waals surface area contributed by atoms with Gasteiger partial charge >= 0.3 is 12.8 Å². The summed E-state index contributed by atoms with van der Waals surface area (Å²) in [6.07, 6.45) is -4.71. The van der Waals surface area contributed by atoms with Crippen LogP contribution in [-0.2, 0) is 19.3 Å². The molecular weight excluding hydrogens is 416 g/mol. The lowest BCUT2D eigenvalue weighted by molar-refractivity contribution is -0.138. The SMILES string of the molecule is CN=C(NCc1ccc(OC)c(OC(F)F)c1)NCc1ccc(F)cc1C(F)(F)F. The van der Waals surface area contributed by atoms with E-state index in [-0.39, 0.29) is 36.1 Å². The smallest absolute Gasteiger partial charge is 0.416 e. The van der Waals surface area contributed by atoms with E-state index in [4.69, 9.17) is 4.74 Å². The van der Waals surface area contributed by atoms with Crippen LogP contribution in [0, 0.1) is 5.82 Å². The van der Waals surface area contributed by atoms with E-state index in [0.717, 1.165) is 12.1 Å². The Bertz CT molecular complexity index is 887. The molecule has 2 rings (SSSR count). The molecule has 0 aliphatic carbocycles. The van der Waals surface area contributed by atoms with E-state index in [1.165, 1.54) is 26.3 Å². The molecule has 0 spiro atoms. The largest absolute Gasteiger partial charge is 0.493 e. The van der Waals surface area contributed by atoms with Crippen LogP contribution in [0.25, 0.3) is 0 Å². The van der Waals surface area contributed by atoms with Crippen molar-refractivity contribution in [3.8, 4) is 11.5 Å². The number of nitrogens with zero attached hydrogens (tertiary/aromatic N) is 1. The second-order valence-electron chi connectivity index (χ2n) is 5.94. The molecule has 0 fully saturated rings. The average Bonchev–Trinajstić information content (AvgIpc) is 2.68.